The van der Waals surface area contributed by atoms with Crippen LogP contribution in [0.2, 0.25) is 0 Å². The first-order valence-corrected chi connectivity index (χ1v) is 6.07. The minimum Gasteiger partial charge on any atom is -0.211 e. The van der Waals surface area contributed by atoms with Crippen LogP contribution in [-0.4, -0.2) is 12.2 Å². The molecule has 0 aliphatic carbocycles. The van der Waals surface area contributed by atoms with Crippen LogP contribution in [0.4, 0.5) is 11.4 Å². The molecule has 0 aliphatic rings. The zero-order valence-electron chi connectivity index (χ0n) is 11.0. The van der Waals surface area contributed by atoms with Crippen LogP contribution >= 0.6 is 0 Å². The molecule has 0 unspecified atom stereocenters. The first kappa shape index (κ1) is 13.6. The Bertz CT molecular complexity index is 725. The Morgan fingerprint density at radius 2 is 1.80 bits per heavy atom. The summed E-state index contributed by atoms with van der Waals surface area (Å²) in [6, 6.07) is 13.2. The quantitative estimate of drug-likeness (QED) is 0.626. The van der Waals surface area contributed by atoms with Crippen molar-refractivity contribution in [3.05, 3.63) is 59.2 Å². The van der Waals surface area contributed by atoms with Crippen molar-refractivity contribution >= 4 is 23.5 Å². The van der Waals surface area contributed by atoms with Crippen LogP contribution in [0.3, 0.4) is 0 Å². The first-order chi connectivity index (χ1) is 9.72. The lowest BCUT2D eigenvalue weighted by atomic mass is 10.0. The van der Waals surface area contributed by atoms with Gasteiger partial charge in [-0.05, 0) is 36.6 Å². The van der Waals surface area contributed by atoms with Gasteiger partial charge in [0.2, 0.25) is 12.2 Å². The summed E-state index contributed by atoms with van der Waals surface area (Å²) in [7, 11) is 0. The fourth-order valence-corrected chi connectivity index (χ4v) is 2.02. The zero-order valence-corrected chi connectivity index (χ0v) is 11.0. The molecule has 0 saturated heterocycles. The van der Waals surface area contributed by atoms with Crippen LogP contribution in [-0.2, 0) is 16.0 Å². The molecule has 20 heavy (non-hydrogen) atoms. The smallest absolute Gasteiger partial charge is 0.211 e. The molecule has 0 aromatic heterocycles. The number of carbonyl (C=O) groups excluding carboxylic acids is 2. The lowest BCUT2D eigenvalue weighted by Gasteiger charge is -2.06. The van der Waals surface area contributed by atoms with Gasteiger partial charge in [0.15, 0.2) is 0 Å². The average molecular weight is 264 g/mol. The van der Waals surface area contributed by atoms with Gasteiger partial charge in [-0.25, -0.2) is 9.59 Å². The average Bonchev–Trinajstić information content (AvgIpc) is 2.42. The molecule has 0 atom stereocenters. The number of benzene rings is 2. The number of hydrogen-bond donors (Lipinski definition) is 0. The molecule has 0 radical (unpaired) electrons. The molecule has 0 saturated carbocycles. The summed E-state index contributed by atoms with van der Waals surface area (Å²) in [6.45, 7) is 2.02. The molecule has 2 aromatic carbocycles. The monoisotopic (exact) mass is 264 g/mol. The van der Waals surface area contributed by atoms with Gasteiger partial charge >= 0.3 is 0 Å². The lowest BCUT2D eigenvalue weighted by molar-refractivity contribution is 0.565. The predicted octanol–water partition coefficient (Wildman–Crippen LogP) is 3.52. The van der Waals surface area contributed by atoms with E-state index in [0.717, 1.165) is 11.1 Å². The summed E-state index contributed by atoms with van der Waals surface area (Å²) < 4.78 is 0. The van der Waals surface area contributed by atoms with Gasteiger partial charge in [0, 0.05) is 0 Å². The minimum atomic E-state index is 0.419. The zero-order chi connectivity index (χ0) is 14.4. The van der Waals surface area contributed by atoms with Crippen molar-refractivity contribution in [2.45, 2.75) is 13.3 Å². The number of hydrogen-bond acceptors (Lipinski definition) is 4. The van der Waals surface area contributed by atoms with Gasteiger partial charge in [0.1, 0.15) is 0 Å². The van der Waals surface area contributed by atoms with E-state index in [0.29, 0.717) is 17.8 Å². The second-order valence-corrected chi connectivity index (χ2v) is 4.39. The third kappa shape index (κ3) is 3.36. The summed E-state index contributed by atoms with van der Waals surface area (Å²) >= 11 is 0. The van der Waals surface area contributed by atoms with Crippen LogP contribution in [0.5, 0.6) is 0 Å². The minimum absolute atomic E-state index is 0.419. The molecule has 4 heteroatoms. The summed E-state index contributed by atoms with van der Waals surface area (Å²) in [4.78, 5) is 27.9. The maximum atomic E-state index is 10.5. The lowest BCUT2D eigenvalue weighted by Crippen LogP contribution is -1.89. The third-order valence-electron chi connectivity index (χ3n) is 2.89. The highest BCUT2D eigenvalue weighted by Gasteiger charge is 2.05. The topological polar surface area (TPSA) is 58.9 Å². The SMILES string of the molecule is Cc1cccc(Cc2ccc(N=C=O)cc2N=C=O)c1. The van der Waals surface area contributed by atoms with E-state index in [1.54, 1.807) is 18.2 Å². The molecule has 0 N–H and O–H groups in total. The van der Waals surface area contributed by atoms with Crippen molar-refractivity contribution in [2.75, 3.05) is 0 Å². The second-order valence-electron chi connectivity index (χ2n) is 4.39. The first-order valence-electron chi connectivity index (χ1n) is 6.07. The largest absolute Gasteiger partial charge is 0.240 e. The van der Waals surface area contributed by atoms with Crippen molar-refractivity contribution in [3.8, 4) is 0 Å². The van der Waals surface area contributed by atoms with E-state index in [9.17, 15) is 9.59 Å². The summed E-state index contributed by atoms with van der Waals surface area (Å²) in [5.41, 5.74) is 4.06. The summed E-state index contributed by atoms with van der Waals surface area (Å²) in [5.74, 6) is 0. The van der Waals surface area contributed by atoms with E-state index < -0.39 is 0 Å². The molecule has 0 fully saturated rings. The van der Waals surface area contributed by atoms with Crippen LogP contribution in [0.25, 0.3) is 0 Å². The number of isocyanates is 2. The Labute approximate surface area is 116 Å². The molecule has 4 nitrogen and oxygen atoms in total. The standard InChI is InChI=1S/C16H12N2O2/c1-12-3-2-4-13(7-12)8-14-5-6-15(17-10-19)9-16(14)18-11-20/h2-7,9H,8H2,1H3. The molecule has 0 bridgehead atoms. The molecule has 0 heterocycles. The molecular weight excluding hydrogens is 252 g/mol. The van der Waals surface area contributed by atoms with E-state index >= 15 is 0 Å². The van der Waals surface area contributed by atoms with E-state index in [2.05, 4.69) is 16.1 Å². The molecule has 2 rings (SSSR count). The second kappa shape index (κ2) is 6.39. The fraction of sp³-hybridized carbons (Fsp3) is 0.125. The van der Waals surface area contributed by atoms with Gasteiger partial charge in [-0.1, -0.05) is 35.9 Å². The Morgan fingerprint density at radius 1 is 1.00 bits per heavy atom. The summed E-state index contributed by atoms with van der Waals surface area (Å²) in [5, 5.41) is 0. The van der Waals surface area contributed by atoms with Gasteiger partial charge in [0.25, 0.3) is 0 Å². The number of rotatable bonds is 4. The molecule has 0 amide bonds. The summed E-state index contributed by atoms with van der Waals surface area (Å²) in [6.07, 6.45) is 3.64. The van der Waals surface area contributed by atoms with E-state index in [4.69, 9.17) is 0 Å². The van der Waals surface area contributed by atoms with Crippen molar-refractivity contribution in [3.63, 3.8) is 0 Å². The molecule has 0 spiro atoms. The highest BCUT2D eigenvalue weighted by Crippen LogP contribution is 2.27. The van der Waals surface area contributed by atoms with Crippen molar-refractivity contribution in [1.29, 1.82) is 0 Å². The fourth-order valence-electron chi connectivity index (χ4n) is 2.02. The predicted molar refractivity (Wildman–Crippen MR) is 76.0 cm³/mol. The van der Waals surface area contributed by atoms with Crippen molar-refractivity contribution in [1.82, 2.24) is 0 Å². The van der Waals surface area contributed by atoms with Gasteiger partial charge in [-0.3, -0.25) is 0 Å². The van der Waals surface area contributed by atoms with E-state index in [1.807, 2.05) is 25.1 Å². The number of nitrogens with zero attached hydrogens (tertiary/aromatic N) is 2. The molecule has 2 aromatic rings. The highest BCUT2D eigenvalue weighted by molar-refractivity contribution is 5.62. The van der Waals surface area contributed by atoms with Gasteiger partial charge in [-0.2, -0.15) is 9.98 Å². The number of aryl methyl sites for hydroxylation is 1. The third-order valence-corrected chi connectivity index (χ3v) is 2.89. The Morgan fingerprint density at radius 3 is 2.50 bits per heavy atom. The van der Waals surface area contributed by atoms with Crippen molar-refractivity contribution in [2.24, 2.45) is 9.98 Å². The Kier molecular flexibility index (Phi) is 4.35. The van der Waals surface area contributed by atoms with E-state index in [-0.39, 0.29) is 0 Å². The molecule has 0 aliphatic heterocycles. The van der Waals surface area contributed by atoms with Crippen LogP contribution in [0.1, 0.15) is 16.7 Å². The maximum absolute atomic E-state index is 10.5. The molecule has 98 valence electrons. The van der Waals surface area contributed by atoms with Gasteiger partial charge in [-0.15, -0.1) is 0 Å². The Hall–Kier alpha value is -2.80. The normalized spacial score (nSPS) is 9.45. The maximum Gasteiger partial charge on any atom is 0.240 e. The highest BCUT2D eigenvalue weighted by atomic mass is 16.1. The molecular formula is C16H12N2O2. The van der Waals surface area contributed by atoms with Crippen LogP contribution in [0.15, 0.2) is 52.4 Å². The van der Waals surface area contributed by atoms with Crippen LogP contribution < -0.4 is 0 Å². The van der Waals surface area contributed by atoms with Crippen LogP contribution in [0, 0.1) is 6.92 Å². The Balaban J connectivity index is 2.40. The van der Waals surface area contributed by atoms with Gasteiger partial charge < -0.3 is 0 Å². The van der Waals surface area contributed by atoms with E-state index in [1.165, 1.54) is 17.7 Å². The van der Waals surface area contributed by atoms with Crippen molar-refractivity contribution < 1.29 is 9.59 Å². The van der Waals surface area contributed by atoms with Gasteiger partial charge in [0.05, 0.1) is 11.4 Å². The number of aliphatic imine (C=N–C) groups is 2.